The number of amides is 1. The summed E-state index contributed by atoms with van der Waals surface area (Å²) in [4.78, 5) is 23.7. The Kier molecular flexibility index (Phi) is 7.41. The first-order valence-electron chi connectivity index (χ1n) is 7.66. The third-order valence-corrected chi connectivity index (χ3v) is 5.14. The second-order valence-corrected chi connectivity index (χ2v) is 6.89. The van der Waals surface area contributed by atoms with E-state index in [1.807, 2.05) is 0 Å². The molecule has 0 aromatic carbocycles. The molecular formula is C15H27NO3S. The maximum absolute atomic E-state index is 12.2. The smallest absolute Gasteiger partial charge is 0.329 e. The Labute approximate surface area is 126 Å². The van der Waals surface area contributed by atoms with Gasteiger partial charge < -0.3 is 10.4 Å². The minimum Gasteiger partial charge on any atom is -0.480 e. The van der Waals surface area contributed by atoms with E-state index in [0.717, 1.165) is 37.2 Å². The first-order chi connectivity index (χ1) is 9.54. The second kappa shape index (κ2) is 8.55. The summed E-state index contributed by atoms with van der Waals surface area (Å²) < 4.78 is 0. The molecule has 0 aromatic rings. The number of carboxylic acids is 1. The summed E-state index contributed by atoms with van der Waals surface area (Å²) >= 11 is 1.76. The van der Waals surface area contributed by atoms with E-state index in [-0.39, 0.29) is 5.91 Å². The molecule has 0 spiro atoms. The molecule has 0 bridgehead atoms. The fraction of sp³-hybridized carbons (Fsp3) is 0.867. The van der Waals surface area contributed by atoms with Gasteiger partial charge in [0.05, 0.1) is 0 Å². The van der Waals surface area contributed by atoms with E-state index in [4.69, 9.17) is 0 Å². The molecule has 1 atom stereocenters. The summed E-state index contributed by atoms with van der Waals surface area (Å²) in [6.07, 6.45) is 5.81. The molecule has 0 saturated carbocycles. The van der Waals surface area contributed by atoms with Crippen molar-refractivity contribution in [2.45, 2.75) is 64.3 Å². The molecule has 5 heteroatoms. The number of carbonyl (C=O) groups is 2. The minimum atomic E-state index is -1.02. The summed E-state index contributed by atoms with van der Waals surface area (Å²) in [6.45, 7) is 4.24. The van der Waals surface area contributed by atoms with E-state index in [1.165, 1.54) is 0 Å². The Morgan fingerprint density at radius 2 is 1.95 bits per heavy atom. The van der Waals surface area contributed by atoms with E-state index in [0.29, 0.717) is 25.2 Å². The van der Waals surface area contributed by atoms with E-state index >= 15 is 0 Å². The molecule has 1 amide bonds. The van der Waals surface area contributed by atoms with Gasteiger partial charge in [-0.2, -0.15) is 11.8 Å². The van der Waals surface area contributed by atoms with Gasteiger partial charge in [-0.3, -0.25) is 4.79 Å². The van der Waals surface area contributed by atoms with Crippen molar-refractivity contribution in [3.8, 4) is 0 Å². The van der Waals surface area contributed by atoms with Gasteiger partial charge in [0.25, 0.3) is 0 Å². The first-order valence-corrected chi connectivity index (χ1v) is 8.81. The Morgan fingerprint density at radius 3 is 2.45 bits per heavy atom. The van der Waals surface area contributed by atoms with Crippen molar-refractivity contribution < 1.29 is 14.7 Å². The van der Waals surface area contributed by atoms with Crippen LogP contribution in [0.2, 0.25) is 0 Å². The van der Waals surface area contributed by atoms with Crippen LogP contribution in [0.5, 0.6) is 0 Å². The number of rotatable bonds is 8. The molecule has 1 unspecified atom stereocenters. The van der Waals surface area contributed by atoms with Gasteiger partial charge in [-0.15, -0.1) is 0 Å². The summed E-state index contributed by atoms with van der Waals surface area (Å²) in [5, 5.41) is 12.3. The number of hydrogen-bond donors (Lipinski definition) is 2. The van der Waals surface area contributed by atoms with Crippen molar-refractivity contribution in [3.05, 3.63) is 0 Å². The standard InChI is InChI=1S/C15H27NO3S/c1-3-5-6-12(4-2)11-13(17)16-15(14(18)19)7-9-20-10-8-15/h12H,3-11H2,1-2H3,(H,16,17)(H,18,19). The molecule has 1 heterocycles. The molecule has 1 rings (SSSR count). The molecule has 4 nitrogen and oxygen atoms in total. The Bertz CT molecular complexity index is 327. The van der Waals surface area contributed by atoms with Crippen LogP contribution in [0, 0.1) is 5.92 Å². The van der Waals surface area contributed by atoms with Crippen LogP contribution < -0.4 is 5.32 Å². The fourth-order valence-corrected chi connectivity index (χ4v) is 3.83. The lowest BCUT2D eigenvalue weighted by Crippen LogP contribution is -2.56. The number of aliphatic carboxylic acids is 1. The predicted octanol–water partition coefficient (Wildman–Crippen LogP) is 3.06. The van der Waals surface area contributed by atoms with Crippen LogP contribution in [-0.2, 0) is 9.59 Å². The average molecular weight is 301 g/mol. The van der Waals surface area contributed by atoms with E-state index in [1.54, 1.807) is 11.8 Å². The molecule has 20 heavy (non-hydrogen) atoms. The van der Waals surface area contributed by atoms with Gasteiger partial charge in [0.15, 0.2) is 0 Å². The average Bonchev–Trinajstić information content (AvgIpc) is 2.44. The normalized spacial score (nSPS) is 19.3. The van der Waals surface area contributed by atoms with E-state index in [2.05, 4.69) is 19.2 Å². The zero-order chi connectivity index (χ0) is 15.0. The van der Waals surface area contributed by atoms with Crippen molar-refractivity contribution in [3.63, 3.8) is 0 Å². The number of unbranched alkanes of at least 4 members (excludes halogenated alkanes) is 1. The van der Waals surface area contributed by atoms with Crippen LogP contribution in [0.1, 0.15) is 58.8 Å². The summed E-state index contributed by atoms with van der Waals surface area (Å²) in [6, 6.07) is 0. The Morgan fingerprint density at radius 1 is 1.30 bits per heavy atom. The van der Waals surface area contributed by atoms with Crippen molar-refractivity contribution in [1.82, 2.24) is 5.32 Å². The molecule has 0 radical (unpaired) electrons. The molecular weight excluding hydrogens is 274 g/mol. The van der Waals surface area contributed by atoms with Crippen molar-refractivity contribution >= 4 is 23.6 Å². The number of thioether (sulfide) groups is 1. The van der Waals surface area contributed by atoms with Crippen molar-refractivity contribution in [2.24, 2.45) is 5.92 Å². The predicted molar refractivity (Wildman–Crippen MR) is 83.0 cm³/mol. The van der Waals surface area contributed by atoms with Crippen LogP contribution in [0.4, 0.5) is 0 Å². The maximum Gasteiger partial charge on any atom is 0.329 e. The molecule has 0 aromatic heterocycles. The summed E-state index contributed by atoms with van der Waals surface area (Å²) in [5.74, 6) is 1.01. The SMILES string of the molecule is CCCCC(CC)CC(=O)NC1(C(=O)O)CCSCC1. The van der Waals surface area contributed by atoms with Gasteiger partial charge in [-0.25, -0.2) is 4.79 Å². The Balaban J connectivity index is 2.55. The zero-order valence-electron chi connectivity index (χ0n) is 12.6. The highest BCUT2D eigenvalue weighted by Crippen LogP contribution is 2.28. The van der Waals surface area contributed by atoms with Gasteiger partial charge in [0.1, 0.15) is 5.54 Å². The minimum absolute atomic E-state index is 0.0951. The van der Waals surface area contributed by atoms with Crippen LogP contribution >= 0.6 is 11.8 Å². The number of carbonyl (C=O) groups excluding carboxylic acids is 1. The fourth-order valence-electron chi connectivity index (χ4n) is 2.64. The number of hydrogen-bond acceptors (Lipinski definition) is 3. The second-order valence-electron chi connectivity index (χ2n) is 5.67. The topological polar surface area (TPSA) is 66.4 Å². The van der Waals surface area contributed by atoms with Gasteiger partial charge in [-0.1, -0.05) is 33.1 Å². The maximum atomic E-state index is 12.2. The lowest BCUT2D eigenvalue weighted by atomic mass is 9.90. The van der Waals surface area contributed by atoms with Crippen LogP contribution in [0.15, 0.2) is 0 Å². The zero-order valence-corrected chi connectivity index (χ0v) is 13.4. The highest BCUT2D eigenvalue weighted by atomic mass is 32.2. The quantitative estimate of drug-likeness (QED) is 0.723. The summed E-state index contributed by atoms with van der Waals surface area (Å²) in [5.41, 5.74) is -1.02. The van der Waals surface area contributed by atoms with E-state index in [9.17, 15) is 14.7 Å². The highest BCUT2D eigenvalue weighted by Gasteiger charge is 2.41. The van der Waals surface area contributed by atoms with Gasteiger partial charge >= 0.3 is 5.97 Å². The molecule has 0 aliphatic carbocycles. The third kappa shape index (κ3) is 5.00. The largest absolute Gasteiger partial charge is 0.480 e. The van der Waals surface area contributed by atoms with Gasteiger partial charge in [0, 0.05) is 6.42 Å². The van der Waals surface area contributed by atoms with Crippen molar-refractivity contribution in [2.75, 3.05) is 11.5 Å². The first kappa shape index (κ1) is 17.3. The van der Waals surface area contributed by atoms with Crippen molar-refractivity contribution in [1.29, 1.82) is 0 Å². The van der Waals surface area contributed by atoms with Gasteiger partial charge in [-0.05, 0) is 36.7 Å². The van der Waals surface area contributed by atoms with Crippen LogP contribution in [0.3, 0.4) is 0 Å². The van der Waals surface area contributed by atoms with Crippen LogP contribution in [0.25, 0.3) is 0 Å². The monoisotopic (exact) mass is 301 g/mol. The van der Waals surface area contributed by atoms with Gasteiger partial charge in [0.2, 0.25) is 5.91 Å². The molecule has 2 N–H and O–H groups in total. The molecule has 1 aliphatic rings. The molecule has 1 saturated heterocycles. The Hall–Kier alpha value is -0.710. The lowest BCUT2D eigenvalue weighted by Gasteiger charge is -2.34. The molecule has 1 aliphatic heterocycles. The molecule has 1 fully saturated rings. The van der Waals surface area contributed by atoms with Crippen LogP contribution in [-0.4, -0.2) is 34.0 Å². The molecule has 116 valence electrons. The van der Waals surface area contributed by atoms with E-state index < -0.39 is 11.5 Å². The number of carboxylic acid groups (broad SMARTS) is 1. The lowest BCUT2D eigenvalue weighted by molar-refractivity contribution is -0.148. The highest BCUT2D eigenvalue weighted by molar-refractivity contribution is 7.99. The third-order valence-electron chi connectivity index (χ3n) is 4.15. The summed E-state index contributed by atoms with van der Waals surface area (Å²) in [7, 11) is 0. The number of nitrogens with one attached hydrogen (secondary N) is 1.